The molecule has 2 rings (SSSR count). The first-order chi connectivity index (χ1) is 9.79. The second-order valence-electron chi connectivity index (χ2n) is 4.34. The van der Waals surface area contributed by atoms with E-state index in [0.717, 1.165) is 5.56 Å². The molecule has 20 heavy (non-hydrogen) atoms. The highest BCUT2D eigenvalue weighted by molar-refractivity contribution is 5.81. The molecule has 0 bridgehead atoms. The van der Waals surface area contributed by atoms with E-state index in [9.17, 15) is 4.79 Å². The number of nitrogens with zero attached hydrogens (tertiary/aromatic N) is 3. The van der Waals surface area contributed by atoms with E-state index in [-0.39, 0.29) is 5.91 Å². The third-order valence-corrected chi connectivity index (χ3v) is 2.88. The zero-order valence-electron chi connectivity index (χ0n) is 10.9. The molecule has 6 heteroatoms. The third-order valence-electron chi connectivity index (χ3n) is 2.88. The summed E-state index contributed by atoms with van der Waals surface area (Å²) in [6, 6.07) is 11.6. The van der Waals surface area contributed by atoms with Gasteiger partial charge in [-0.25, -0.2) is 4.98 Å². The second kappa shape index (κ2) is 7.04. The van der Waals surface area contributed by atoms with Crippen LogP contribution in [0, 0.1) is 17.2 Å². The molecule has 2 aromatic rings. The first-order valence-corrected chi connectivity index (χ1v) is 6.35. The van der Waals surface area contributed by atoms with E-state index in [2.05, 4.69) is 20.5 Å². The number of carbonyl (C=O) groups is 1. The maximum atomic E-state index is 11.9. The number of amides is 1. The average Bonchev–Trinajstić information content (AvgIpc) is 2.99. The Morgan fingerprint density at radius 2 is 2.20 bits per heavy atom. The Bertz CT molecular complexity index is 573. The van der Waals surface area contributed by atoms with Crippen LogP contribution in [0.3, 0.4) is 0 Å². The number of aromatic nitrogens is 3. The summed E-state index contributed by atoms with van der Waals surface area (Å²) in [5.74, 6) is -0.218. The molecule has 0 aliphatic carbocycles. The number of H-pyrrole nitrogens is 1. The highest BCUT2D eigenvalue weighted by Crippen LogP contribution is 2.08. The molecule has 0 spiro atoms. The fraction of sp³-hybridized carbons (Fsp3) is 0.286. The summed E-state index contributed by atoms with van der Waals surface area (Å²) in [6.45, 7) is 0.432. The summed E-state index contributed by atoms with van der Waals surface area (Å²) in [7, 11) is 0. The molecule has 1 unspecified atom stereocenters. The SMILES string of the molecule is N#CC(Cc1ccccc1)C(=O)NCCc1ncn[nH]1. The lowest BCUT2D eigenvalue weighted by molar-refractivity contribution is -0.123. The van der Waals surface area contributed by atoms with Gasteiger partial charge in [0, 0.05) is 13.0 Å². The Morgan fingerprint density at radius 3 is 2.85 bits per heavy atom. The molecule has 0 fully saturated rings. The number of aromatic amines is 1. The predicted octanol–water partition coefficient (Wildman–Crippen LogP) is 0.846. The fourth-order valence-electron chi connectivity index (χ4n) is 1.83. The van der Waals surface area contributed by atoms with E-state index in [1.54, 1.807) is 0 Å². The van der Waals surface area contributed by atoms with Crippen LogP contribution in [0.4, 0.5) is 0 Å². The average molecular weight is 269 g/mol. The first-order valence-electron chi connectivity index (χ1n) is 6.35. The lowest BCUT2D eigenvalue weighted by Gasteiger charge is -2.09. The Labute approximate surface area is 116 Å². The molecule has 0 aliphatic rings. The molecule has 102 valence electrons. The van der Waals surface area contributed by atoms with Crippen molar-refractivity contribution in [2.24, 2.45) is 5.92 Å². The Kier molecular flexibility index (Phi) is 4.84. The van der Waals surface area contributed by atoms with E-state index >= 15 is 0 Å². The molecule has 0 aliphatic heterocycles. The van der Waals surface area contributed by atoms with Crippen LogP contribution in [0.1, 0.15) is 11.4 Å². The lowest BCUT2D eigenvalue weighted by Crippen LogP contribution is -2.32. The fourth-order valence-corrected chi connectivity index (χ4v) is 1.83. The summed E-state index contributed by atoms with van der Waals surface area (Å²) in [6.07, 6.45) is 2.41. The molecule has 0 saturated heterocycles. The molecule has 1 aromatic heterocycles. The van der Waals surface area contributed by atoms with Gasteiger partial charge in [-0.2, -0.15) is 10.4 Å². The van der Waals surface area contributed by atoms with Crippen molar-refractivity contribution in [3.05, 3.63) is 48.0 Å². The molecule has 1 aromatic carbocycles. The van der Waals surface area contributed by atoms with Gasteiger partial charge in [-0.1, -0.05) is 30.3 Å². The molecule has 2 N–H and O–H groups in total. The van der Waals surface area contributed by atoms with Crippen LogP contribution >= 0.6 is 0 Å². The van der Waals surface area contributed by atoms with E-state index in [4.69, 9.17) is 5.26 Å². The zero-order valence-corrected chi connectivity index (χ0v) is 10.9. The predicted molar refractivity (Wildman–Crippen MR) is 72.3 cm³/mol. The summed E-state index contributed by atoms with van der Waals surface area (Å²) in [5.41, 5.74) is 0.976. The smallest absolute Gasteiger partial charge is 0.237 e. The monoisotopic (exact) mass is 269 g/mol. The normalized spacial score (nSPS) is 11.6. The number of rotatable bonds is 6. The van der Waals surface area contributed by atoms with Crippen molar-refractivity contribution < 1.29 is 4.79 Å². The van der Waals surface area contributed by atoms with Crippen molar-refractivity contribution in [1.29, 1.82) is 5.26 Å². The quantitative estimate of drug-likeness (QED) is 0.812. The highest BCUT2D eigenvalue weighted by Gasteiger charge is 2.17. The number of carbonyl (C=O) groups excluding carboxylic acids is 1. The maximum Gasteiger partial charge on any atom is 0.237 e. The second-order valence-corrected chi connectivity index (χ2v) is 4.34. The van der Waals surface area contributed by atoms with Crippen molar-refractivity contribution in [3.8, 4) is 6.07 Å². The number of nitrogens with one attached hydrogen (secondary N) is 2. The van der Waals surface area contributed by atoms with Crippen LogP contribution in [-0.2, 0) is 17.6 Å². The third kappa shape index (κ3) is 3.92. The van der Waals surface area contributed by atoms with Gasteiger partial charge in [0.2, 0.25) is 5.91 Å². The summed E-state index contributed by atoms with van der Waals surface area (Å²) in [4.78, 5) is 15.9. The topological polar surface area (TPSA) is 94.5 Å². The van der Waals surface area contributed by atoms with E-state index in [0.29, 0.717) is 25.2 Å². The Morgan fingerprint density at radius 1 is 1.40 bits per heavy atom. The van der Waals surface area contributed by atoms with Gasteiger partial charge in [-0.3, -0.25) is 9.89 Å². The Hall–Kier alpha value is -2.68. The first kappa shape index (κ1) is 13.7. The molecular weight excluding hydrogens is 254 g/mol. The van der Waals surface area contributed by atoms with Gasteiger partial charge in [0.05, 0.1) is 6.07 Å². The minimum Gasteiger partial charge on any atom is -0.355 e. The van der Waals surface area contributed by atoms with Crippen molar-refractivity contribution in [3.63, 3.8) is 0 Å². The van der Waals surface area contributed by atoms with Gasteiger partial charge >= 0.3 is 0 Å². The van der Waals surface area contributed by atoms with Crippen molar-refractivity contribution in [1.82, 2.24) is 20.5 Å². The van der Waals surface area contributed by atoms with Crippen LogP contribution in [0.15, 0.2) is 36.7 Å². The number of benzene rings is 1. The summed E-state index contributed by atoms with van der Waals surface area (Å²) < 4.78 is 0. The minimum atomic E-state index is -0.674. The van der Waals surface area contributed by atoms with E-state index in [1.165, 1.54) is 6.33 Å². The van der Waals surface area contributed by atoms with E-state index < -0.39 is 5.92 Å². The number of hydrogen-bond acceptors (Lipinski definition) is 4. The minimum absolute atomic E-state index is 0.254. The van der Waals surface area contributed by atoms with Gasteiger partial charge in [-0.15, -0.1) is 0 Å². The van der Waals surface area contributed by atoms with Crippen molar-refractivity contribution >= 4 is 5.91 Å². The van der Waals surface area contributed by atoms with Gasteiger partial charge in [0.25, 0.3) is 0 Å². The van der Waals surface area contributed by atoms with Gasteiger partial charge < -0.3 is 5.32 Å². The van der Waals surface area contributed by atoms with Crippen molar-refractivity contribution in [2.45, 2.75) is 12.8 Å². The number of nitriles is 1. The van der Waals surface area contributed by atoms with Crippen LogP contribution in [0.2, 0.25) is 0 Å². The zero-order chi connectivity index (χ0) is 14.2. The summed E-state index contributed by atoms with van der Waals surface area (Å²) in [5, 5.41) is 18.3. The molecule has 1 atom stereocenters. The highest BCUT2D eigenvalue weighted by atomic mass is 16.1. The van der Waals surface area contributed by atoms with Crippen molar-refractivity contribution in [2.75, 3.05) is 6.54 Å². The number of hydrogen-bond donors (Lipinski definition) is 2. The largest absolute Gasteiger partial charge is 0.355 e. The lowest BCUT2D eigenvalue weighted by atomic mass is 10.00. The summed E-state index contributed by atoms with van der Waals surface area (Å²) >= 11 is 0. The van der Waals surface area contributed by atoms with Crippen LogP contribution in [0.5, 0.6) is 0 Å². The molecule has 6 nitrogen and oxygen atoms in total. The molecule has 1 heterocycles. The van der Waals surface area contributed by atoms with Crippen LogP contribution in [0.25, 0.3) is 0 Å². The Balaban J connectivity index is 1.82. The molecule has 1 amide bonds. The molecule has 0 radical (unpaired) electrons. The maximum absolute atomic E-state index is 11.9. The van der Waals surface area contributed by atoms with Crippen LogP contribution < -0.4 is 5.32 Å². The molecule has 0 saturated carbocycles. The van der Waals surface area contributed by atoms with Gasteiger partial charge in [0.1, 0.15) is 18.1 Å². The van der Waals surface area contributed by atoms with E-state index in [1.807, 2.05) is 36.4 Å². The molecular formula is C14H15N5O. The van der Waals surface area contributed by atoms with Gasteiger partial charge in [-0.05, 0) is 12.0 Å². The van der Waals surface area contributed by atoms with Crippen LogP contribution in [-0.4, -0.2) is 27.6 Å². The standard InChI is InChI=1S/C14H15N5O/c15-9-12(8-11-4-2-1-3-5-11)14(20)16-7-6-13-17-10-18-19-13/h1-5,10,12H,6-8H2,(H,16,20)(H,17,18,19). The van der Waals surface area contributed by atoms with Gasteiger partial charge in [0.15, 0.2) is 0 Å².